The number of nitrogens with zero attached hydrogens (tertiary/aromatic N) is 1. The lowest BCUT2D eigenvalue weighted by Gasteiger charge is -2.43. The molecular formula is C39H45N3O4. The Morgan fingerprint density at radius 3 is 2.13 bits per heavy atom. The number of aliphatic hydroxyl groups is 1. The second-order valence-corrected chi connectivity index (χ2v) is 12.5. The molecule has 46 heavy (non-hydrogen) atoms. The topological polar surface area (TPSA) is 83.1 Å². The molecular weight excluding hydrogens is 574 g/mol. The van der Waals surface area contributed by atoms with Crippen LogP contribution in [0.5, 0.6) is 0 Å². The van der Waals surface area contributed by atoms with Crippen molar-refractivity contribution in [2.75, 3.05) is 19.6 Å². The number of ether oxygens (including phenoxy) is 2. The van der Waals surface area contributed by atoms with Crippen molar-refractivity contribution in [3.05, 3.63) is 131 Å². The largest absolute Gasteiger partial charge is 0.392 e. The molecule has 2 aliphatic heterocycles. The SMILES string of the molecule is CC1C(CN2CCCCC2)OC(c2ccc(-c3cccc(CNC(=O)NCc4ccccc4)c3)cc2)OC1c1ccc(CO)cc1. The smallest absolute Gasteiger partial charge is 0.315 e. The van der Waals surface area contributed by atoms with Gasteiger partial charge < -0.3 is 30.1 Å². The molecule has 0 bridgehead atoms. The zero-order valence-electron chi connectivity index (χ0n) is 26.6. The van der Waals surface area contributed by atoms with Crippen LogP contribution in [0.3, 0.4) is 0 Å². The zero-order chi connectivity index (χ0) is 31.7. The molecule has 0 radical (unpaired) electrons. The summed E-state index contributed by atoms with van der Waals surface area (Å²) in [5.41, 5.74) is 7.25. The second-order valence-electron chi connectivity index (χ2n) is 12.5. The Kier molecular flexibility index (Phi) is 10.8. The highest BCUT2D eigenvalue weighted by Gasteiger charge is 2.39. The maximum absolute atomic E-state index is 12.4. The first-order valence-corrected chi connectivity index (χ1v) is 16.5. The summed E-state index contributed by atoms with van der Waals surface area (Å²) < 4.78 is 13.4. The van der Waals surface area contributed by atoms with Gasteiger partial charge in [0.15, 0.2) is 6.29 Å². The fraction of sp³-hybridized carbons (Fsp3) is 0.359. The average molecular weight is 620 g/mol. The van der Waals surface area contributed by atoms with Gasteiger partial charge in [0.1, 0.15) is 0 Å². The van der Waals surface area contributed by atoms with Crippen molar-refractivity contribution >= 4 is 6.03 Å². The molecule has 4 unspecified atom stereocenters. The van der Waals surface area contributed by atoms with E-state index in [0.29, 0.717) is 13.1 Å². The Morgan fingerprint density at radius 2 is 1.41 bits per heavy atom. The van der Waals surface area contributed by atoms with Crippen LogP contribution in [-0.2, 0) is 29.2 Å². The van der Waals surface area contributed by atoms with Gasteiger partial charge in [-0.05, 0) is 65.4 Å². The minimum atomic E-state index is -0.479. The molecule has 7 heteroatoms. The third-order valence-electron chi connectivity index (χ3n) is 9.20. The van der Waals surface area contributed by atoms with Gasteiger partial charge in [-0.1, -0.05) is 110 Å². The van der Waals surface area contributed by atoms with E-state index in [-0.39, 0.29) is 30.8 Å². The van der Waals surface area contributed by atoms with Gasteiger partial charge in [-0.3, -0.25) is 0 Å². The summed E-state index contributed by atoms with van der Waals surface area (Å²) in [5, 5.41) is 15.4. The quantitative estimate of drug-likeness (QED) is 0.176. The van der Waals surface area contributed by atoms with Gasteiger partial charge in [-0.15, -0.1) is 0 Å². The fourth-order valence-corrected chi connectivity index (χ4v) is 6.44. The highest BCUT2D eigenvalue weighted by atomic mass is 16.7. The van der Waals surface area contributed by atoms with E-state index in [1.807, 2.05) is 54.6 Å². The van der Waals surface area contributed by atoms with Crippen LogP contribution in [0.1, 0.15) is 66.4 Å². The maximum Gasteiger partial charge on any atom is 0.315 e. The zero-order valence-corrected chi connectivity index (χ0v) is 26.6. The Balaban J connectivity index is 1.12. The third-order valence-corrected chi connectivity index (χ3v) is 9.20. The molecule has 0 aliphatic carbocycles. The molecule has 2 amide bonds. The number of piperidine rings is 1. The van der Waals surface area contributed by atoms with E-state index in [0.717, 1.165) is 58.6 Å². The molecule has 0 spiro atoms. The predicted molar refractivity (Wildman–Crippen MR) is 181 cm³/mol. The van der Waals surface area contributed by atoms with Crippen molar-refractivity contribution in [1.29, 1.82) is 0 Å². The number of urea groups is 1. The van der Waals surface area contributed by atoms with Crippen molar-refractivity contribution in [3.63, 3.8) is 0 Å². The summed E-state index contributed by atoms with van der Waals surface area (Å²) >= 11 is 0. The Bertz CT molecular complexity index is 1540. The van der Waals surface area contributed by atoms with Gasteiger partial charge in [0.25, 0.3) is 0 Å². The van der Waals surface area contributed by atoms with Crippen LogP contribution < -0.4 is 10.6 Å². The molecule has 4 aromatic rings. The number of amides is 2. The molecule has 2 fully saturated rings. The van der Waals surface area contributed by atoms with Gasteiger partial charge in [0, 0.05) is 31.1 Å². The van der Waals surface area contributed by atoms with E-state index >= 15 is 0 Å². The number of benzene rings is 4. The molecule has 0 saturated carbocycles. The summed E-state index contributed by atoms with van der Waals surface area (Å²) in [4.78, 5) is 14.9. The van der Waals surface area contributed by atoms with Crippen molar-refractivity contribution in [2.45, 2.75) is 64.4 Å². The first-order chi connectivity index (χ1) is 22.6. The normalized spacial score (nSPS) is 21.9. The average Bonchev–Trinajstić information content (AvgIpc) is 3.12. The first-order valence-electron chi connectivity index (χ1n) is 16.5. The van der Waals surface area contributed by atoms with Crippen molar-refractivity contribution in [1.82, 2.24) is 15.5 Å². The second kappa shape index (κ2) is 15.5. The molecule has 2 saturated heterocycles. The summed E-state index contributed by atoms with van der Waals surface area (Å²) in [5.74, 6) is 0.175. The van der Waals surface area contributed by atoms with Crippen LogP contribution >= 0.6 is 0 Å². The molecule has 6 rings (SSSR count). The number of nitrogens with one attached hydrogen (secondary N) is 2. The van der Waals surface area contributed by atoms with E-state index in [2.05, 4.69) is 71.0 Å². The lowest BCUT2D eigenvalue weighted by molar-refractivity contribution is -0.276. The van der Waals surface area contributed by atoms with Crippen LogP contribution in [0.25, 0.3) is 11.1 Å². The van der Waals surface area contributed by atoms with Crippen LogP contribution in [0.2, 0.25) is 0 Å². The third kappa shape index (κ3) is 8.22. The number of rotatable bonds is 10. The van der Waals surface area contributed by atoms with Crippen LogP contribution in [0, 0.1) is 5.92 Å². The van der Waals surface area contributed by atoms with E-state index in [4.69, 9.17) is 9.47 Å². The fourth-order valence-electron chi connectivity index (χ4n) is 6.44. The Morgan fingerprint density at radius 1 is 0.739 bits per heavy atom. The number of hydrogen-bond acceptors (Lipinski definition) is 5. The molecule has 4 atom stereocenters. The standard InChI is InChI=1S/C39H45N3O4/c1-28-36(26-42-21-6-3-7-22-42)45-38(46-37(28)33-15-13-30(27-43)14-16-33)34-19-17-32(18-20-34)35-12-8-11-31(23-35)25-41-39(44)40-24-29-9-4-2-5-10-29/h2,4-5,8-20,23,28,36-38,43H,3,6-7,21-22,24-27H2,1H3,(H2,40,41,44). The van der Waals surface area contributed by atoms with Crippen molar-refractivity contribution in [3.8, 4) is 11.1 Å². The van der Waals surface area contributed by atoms with Gasteiger partial charge in [-0.25, -0.2) is 4.79 Å². The van der Waals surface area contributed by atoms with Crippen LogP contribution in [0.15, 0.2) is 103 Å². The Hall–Kier alpha value is -4.01. The Labute approximate surface area is 272 Å². The lowest BCUT2D eigenvalue weighted by atomic mass is 9.89. The molecule has 2 heterocycles. The van der Waals surface area contributed by atoms with Crippen LogP contribution in [-0.4, -0.2) is 41.8 Å². The summed E-state index contributed by atoms with van der Waals surface area (Å²) in [7, 11) is 0. The monoisotopic (exact) mass is 619 g/mol. The van der Waals surface area contributed by atoms with E-state index in [9.17, 15) is 9.90 Å². The minimum Gasteiger partial charge on any atom is -0.392 e. The maximum atomic E-state index is 12.4. The van der Waals surface area contributed by atoms with Gasteiger partial charge in [0.05, 0.1) is 18.8 Å². The summed E-state index contributed by atoms with van der Waals surface area (Å²) in [6.07, 6.45) is 3.23. The number of likely N-dealkylation sites (tertiary alicyclic amines) is 1. The number of carbonyl (C=O) groups is 1. The van der Waals surface area contributed by atoms with Crippen molar-refractivity contribution in [2.24, 2.45) is 5.92 Å². The predicted octanol–water partition coefficient (Wildman–Crippen LogP) is 7.12. The summed E-state index contributed by atoms with van der Waals surface area (Å²) in [6, 6.07) is 34.5. The molecule has 3 N–H and O–H groups in total. The van der Waals surface area contributed by atoms with Gasteiger partial charge >= 0.3 is 6.03 Å². The highest BCUT2D eigenvalue weighted by molar-refractivity contribution is 5.74. The van der Waals surface area contributed by atoms with Gasteiger partial charge in [-0.2, -0.15) is 0 Å². The summed E-state index contributed by atoms with van der Waals surface area (Å²) in [6.45, 7) is 6.32. The number of aliphatic hydroxyl groups excluding tert-OH is 1. The van der Waals surface area contributed by atoms with E-state index in [1.165, 1.54) is 19.3 Å². The number of carbonyl (C=O) groups excluding carboxylic acids is 1. The molecule has 0 aromatic heterocycles. The van der Waals surface area contributed by atoms with Gasteiger partial charge in [0.2, 0.25) is 0 Å². The molecule has 2 aliphatic rings. The lowest BCUT2D eigenvalue weighted by Crippen LogP contribution is -2.45. The number of hydrogen-bond donors (Lipinski definition) is 3. The molecule has 7 nitrogen and oxygen atoms in total. The molecule has 4 aromatic carbocycles. The first kappa shape index (κ1) is 32.0. The highest BCUT2D eigenvalue weighted by Crippen LogP contribution is 2.42. The molecule has 240 valence electrons. The van der Waals surface area contributed by atoms with E-state index in [1.54, 1.807) is 0 Å². The van der Waals surface area contributed by atoms with Crippen molar-refractivity contribution < 1.29 is 19.4 Å². The van der Waals surface area contributed by atoms with Crippen LogP contribution in [0.4, 0.5) is 4.79 Å². The van der Waals surface area contributed by atoms with E-state index < -0.39 is 6.29 Å². The minimum absolute atomic E-state index is 0.0283.